The summed E-state index contributed by atoms with van der Waals surface area (Å²) in [7, 11) is 0. The van der Waals surface area contributed by atoms with Crippen LogP contribution in [0, 0.1) is 28.6 Å². The van der Waals surface area contributed by atoms with Gasteiger partial charge in [0.2, 0.25) is 17.6 Å². The molecule has 0 spiro atoms. The second kappa shape index (κ2) is 12.4. The van der Waals surface area contributed by atoms with Crippen molar-refractivity contribution in [1.82, 2.24) is 20.9 Å². The lowest BCUT2D eigenvalue weighted by molar-refractivity contribution is -0.156. The molecule has 0 aromatic carbocycles. The van der Waals surface area contributed by atoms with E-state index in [0.29, 0.717) is 31.4 Å². The quantitative estimate of drug-likeness (QED) is 0.145. The minimum Gasteiger partial charge on any atom is -0.458 e. The second-order valence-corrected chi connectivity index (χ2v) is 15.6. The van der Waals surface area contributed by atoms with E-state index in [-0.39, 0.29) is 29.1 Å². The zero-order chi connectivity index (χ0) is 33.6. The number of urea groups is 1. The van der Waals surface area contributed by atoms with Gasteiger partial charge in [-0.25, -0.2) is 9.59 Å². The summed E-state index contributed by atoms with van der Waals surface area (Å²) in [5.74, 6) is -3.32. The number of nitrogens with two attached hydrogens (primary N) is 1. The van der Waals surface area contributed by atoms with Crippen molar-refractivity contribution < 1.29 is 33.5 Å². The van der Waals surface area contributed by atoms with E-state index < -0.39 is 64.8 Å². The maximum Gasteiger partial charge on any atom is 0.333 e. The maximum absolute atomic E-state index is 14.5. The fourth-order valence-electron chi connectivity index (χ4n) is 7.38. The number of carbonyl (C=O) groups excluding carboxylic acids is 6. The van der Waals surface area contributed by atoms with Crippen molar-refractivity contribution in [2.45, 2.75) is 123 Å². The van der Waals surface area contributed by atoms with Gasteiger partial charge in [0, 0.05) is 6.54 Å². The van der Waals surface area contributed by atoms with E-state index in [0.717, 1.165) is 25.7 Å². The number of carbonyl (C=O) groups is 6. The predicted octanol–water partition coefficient (Wildman–Crippen LogP) is 2.34. The second-order valence-electron chi connectivity index (χ2n) is 15.6. The highest BCUT2D eigenvalue weighted by molar-refractivity contribution is 6.37. The summed E-state index contributed by atoms with van der Waals surface area (Å²) in [4.78, 5) is 80.6. The highest BCUT2D eigenvalue weighted by Gasteiger charge is 2.70. The van der Waals surface area contributed by atoms with Crippen LogP contribution >= 0.6 is 0 Å². The number of nitrogens with one attached hydrogen (secondary N) is 3. The van der Waals surface area contributed by atoms with Crippen molar-refractivity contribution in [2.75, 3.05) is 6.54 Å². The number of ketones is 1. The van der Waals surface area contributed by atoms with Gasteiger partial charge in [-0.05, 0) is 81.1 Å². The summed E-state index contributed by atoms with van der Waals surface area (Å²) in [5, 5.41) is 8.27. The Kier molecular flexibility index (Phi) is 9.49. The van der Waals surface area contributed by atoms with Crippen LogP contribution in [0.15, 0.2) is 12.2 Å². The Bertz CT molecular complexity index is 1260. The minimum absolute atomic E-state index is 0.0664. The van der Waals surface area contributed by atoms with Crippen LogP contribution < -0.4 is 21.7 Å². The largest absolute Gasteiger partial charge is 0.458 e. The third-order valence-corrected chi connectivity index (χ3v) is 10.3. The molecule has 3 saturated carbocycles. The Morgan fingerprint density at radius 1 is 1.00 bits per heavy atom. The normalized spacial score (nSPS) is 26.5. The molecule has 4 fully saturated rings. The monoisotopic (exact) mass is 629 g/mol. The van der Waals surface area contributed by atoms with E-state index >= 15 is 0 Å². The van der Waals surface area contributed by atoms with E-state index in [4.69, 9.17) is 10.5 Å². The summed E-state index contributed by atoms with van der Waals surface area (Å²) in [6, 6.07) is -4.74. The molecule has 3 aliphatic carbocycles. The molecule has 1 aliphatic heterocycles. The van der Waals surface area contributed by atoms with Gasteiger partial charge < -0.3 is 31.3 Å². The highest BCUT2D eigenvalue weighted by Crippen LogP contribution is 2.65. The van der Waals surface area contributed by atoms with Crippen molar-refractivity contribution in [1.29, 1.82) is 0 Å². The fraction of sp³-hybridized carbons (Fsp3) is 0.758. The molecule has 0 aromatic heterocycles. The first-order valence-electron chi connectivity index (χ1n) is 16.2. The number of hydrogen-bond donors (Lipinski definition) is 4. The van der Waals surface area contributed by atoms with Gasteiger partial charge >= 0.3 is 12.0 Å². The summed E-state index contributed by atoms with van der Waals surface area (Å²) in [6.45, 7) is 17.0. The van der Waals surface area contributed by atoms with Gasteiger partial charge in [-0.3, -0.25) is 19.2 Å². The maximum atomic E-state index is 14.5. The number of primary amides is 1. The molecule has 0 bridgehead atoms. The Balaban J connectivity index is 1.57. The molecule has 6 atom stereocenters. The average molecular weight is 630 g/mol. The van der Waals surface area contributed by atoms with Crippen LogP contribution in [0.2, 0.25) is 0 Å². The zero-order valence-corrected chi connectivity index (χ0v) is 27.8. The molecular formula is C33H51N5O7. The van der Waals surface area contributed by atoms with Crippen LogP contribution in [0.25, 0.3) is 0 Å². The summed E-state index contributed by atoms with van der Waals surface area (Å²) >= 11 is 0. The third-order valence-electron chi connectivity index (χ3n) is 10.3. The van der Waals surface area contributed by atoms with Gasteiger partial charge in [-0.15, -0.1) is 0 Å². The van der Waals surface area contributed by atoms with Crippen molar-refractivity contribution in [3.8, 4) is 0 Å². The minimum atomic E-state index is -1.12. The molecular weight excluding hydrogens is 578 g/mol. The zero-order valence-electron chi connectivity index (χ0n) is 27.8. The number of likely N-dealkylation sites (tertiary alicyclic amines) is 1. The van der Waals surface area contributed by atoms with Crippen LogP contribution in [0.3, 0.4) is 0 Å². The number of rotatable bonds is 12. The average Bonchev–Trinajstić information content (AvgIpc) is 3.67. The fourth-order valence-corrected chi connectivity index (χ4v) is 7.38. The highest BCUT2D eigenvalue weighted by atomic mass is 16.6. The number of piperidine rings is 1. The first-order chi connectivity index (χ1) is 20.8. The van der Waals surface area contributed by atoms with Gasteiger partial charge in [0.25, 0.3) is 5.91 Å². The van der Waals surface area contributed by atoms with Crippen LogP contribution in [0.1, 0.15) is 93.4 Å². The SMILES string of the molecule is C=C(C)[C@H](NC(=O)N[C@H](C(=O)N1C[C@H]2[C@@H]([C@H]1C(=O)NC(CC1CC1)C(=O)C(N)=O)C2(C)C)C1(C)CCCC1)C(=O)OC(C)(C)C. The Morgan fingerprint density at radius 3 is 2.11 bits per heavy atom. The standard InChI is InChI=1S/C33H51N5O7/c1-17(2)22(29(43)45-31(3,4)5)36-30(44)37-25(33(8)13-9-10-14-33)28(42)38-16-19-21(32(19,6)7)23(38)27(41)35-20(15-18-11-12-18)24(39)26(34)40/h18-23,25H,1,9-16H2,2-8H3,(H2,34,40)(H,35,41)(H2,36,37,44)/t19-,20?,21-,22-,23-,25+/m0/s1. The molecule has 5 amide bonds. The van der Waals surface area contributed by atoms with Crippen molar-refractivity contribution in [3.05, 3.63) is 12.2 Å². The Hall–Kier alpha value is -3.44. The molecule has 5 N–H and O–H groups in total. The van der Waals surface area contributed by atoms with Gasteiger partial charge in [-0.1, -0.05) is 53.0 Å². The number of nitrogens with zero attached hydrogens (tertiary/aromatic N) is 1. The smallest absolute Gasteiger partial charge is 0.333 e. The molecule has 4 rings (SSSR count). The Morgan fingerprint density at radius 2 is 1.60 bits per heavy atom. The summed E-state index contributed by atoms with van der Waals surface area (Å²) in [5.41, 5.74) is 4.12. The van der Waals surface area contributed by atoms with E-state index in [1.165, 1.54) is 4.90 Å². The molecule has 12 nitrogen and oxygen atoms in total. The molecule has 12 heteroatoms. The first-order valence-corrected chi connectivity index (χ1v) is 16.2. The predicted molar refractivity (Wildman–Crippen MR) is 166 cm³/mol. The molecule has 1 saturated heterocycles. The molecule has 0 radical (unpaired) electrons. The van der Waals surface area contributed by atoms with E-state index in [2.05, 4.69) is 36.4 Å². The third kappa shape index (κ3) is 7.52. The molecule has 45 heavy (non-hydrogen) atoms. The van der Waals surface area contributed by atoms with Crippen LogP contribution in [0.4, 0.5) is 4.79 Å². The number of fused-ring (bicyclic) bond motifs is 1. The first kappa shape index (κ1) is 34.4. The summed E-state index contributed by atoms with van der Waals surface area (Å²) < 4.78 is 5.47. The van der Waals surface area contributed by atoms with Crippen LogP contribution in [0.5, 0.6) is 0 Å². The number of amides is 5. The molecule has 4 aliphatic rings. The van der Waals surface area contributed by atoms with Gasteiger partial charge in [0.05, 0.1) is 6.04 Å². The molecule has 0 aromatic rings. The topological polar surface area (TPSA) is 177 Å². The summed E-state index contributed by atoms with van der Waals surface area (Å²) in [6.07, 6.45) is 5.32. The van der Waals surface area contributed by atoms with Crippen LogP contribution in [-0.4, -0.2) is 76.7 Å². The molecule has 1 heterocycles. The lowest BCUT2D eigenvalue weighted by Gasteiger charge is -2.39. The number of hydrogen-bond acceptors (Lipinski definition) is 7. The Labute approximate surface area is 266 Å². The molecule has 250 valence electrons. The van der Waals surface area contributed by atoms with E-state index in [9.17, 15) is 28.8 Å². The lowest BCUT2D eigenvalue weighted by Crippen LogP contribution is -2.62. The van der Waals surface area contributed by atoms with E-state index in [1.807, 2.05) is 6.92 Å². The van der Waals surface area contributed by atoms with Gasteiger partial charge in [0.15, 0.2) is 0 Å². The number of ether oxygens (including phenoxy) is 1. The van der Waals surface area contributed by atoms with Crippen molar-refractivity contribution in [2.24, 2.45) is 34.3 Å². The van der Waals surface area contributed by atoms with Crippen molar-refractivity contribution >= 4 is 35.5 Å². The lowest BCUT2D eigenvalue weighted by atomic mass is 9.79. The van der Waals surface area contributed by atoms with Crippen LogP contribution in [-0.2, 0) is 28.7 Å². The number of esters is 1. The van der Waals surface area contributed by atoms with Gasteiger partial charge in [0.1, 0.15) is 23.7 Å². The number of Topliss-reactive ketones (excluding diaryl/α,β-unsaturated/α-hetero) is 1. The van der Waals surface area contributed by atoms with E-state index in [1.54, 1.807) is 27.7 Å². The molecule has 1 unspecified atom stereocenters. The van der Waals surface area contributed by atoms with Gasteiger partial charge in [-0.2, -0.15) is 0 Å². The van der Waals surface area contributed by atoms with Crippen molar-refractivity contribution in [3.63, 3.8) is 0 Å².